The number of aromatic nitrogens is 1. The first kappa shape index (κ1) is 4.07. The molecule has 0 aromatic carbocycles. The van der Waals surface area contributed by atoms with Crippen LogP contribution in [0.1, 0.15) is 25.4 Å². The lowest BCUT2D eigenvalue weighted by molar-refractivity contribution is 0.0663. The van der Waals surface area contributed by atoms with Gasteiger partial charge in [0.15, 0.2) is 0 Å². The summed E-state index contributed by atoms with van der Waals surface area (Å²) in [5.74, 6) is -1.39. The minimum Gasteiger partial charge on any atom is -0.336 e. The molecule has 2 heterocycles. The maximum absolute atomic E-state index is 12.8. The van der Waals surface area contributed by atoms with E-state index in [0.29, 0.717) is 4.60 Å². The van der Waals surface area contributed by atoms with Crippen molar-refractivity contribution in [1.29, 1.82) is 0 Å². The van der Waals surface area contributed by atoms with Crippen LogP contribution in [0.4, 0.5) is 0 Å². The van der Waals surface area contributed by atoms with Crippen LogP contribution in [-0.2, 0) is 0 Å². The molecule has 0 saturated carbocycles. The maximum atomic E-state index is 12.8. The number of halogens is 1. The average molecular weight is 295 g/mol. The third-order valence-electron chi connectivity index (χ3n) is 1.72. The molecule has 86 valence electrons. The van der Waals surface area contributed by atoms with Crippen LogP contribution in [0.5, 0.6) is 0 Å². The molecule has 16 heavy (non-hydrogen) atoms. The van der Waals surface area contributed by atoms with Gasteiger partial charge in [0.05, 0.1) is 11.0 Å². The number of carbonyl (C=O) groups excluding carboxylic acids is 1. The molecule has 2 rings (SSSR count). The largest absolute Gasteiger partial charge is 0.336 e. The van der Waals surface area contributed by atoms with Gasteiger partial charge in [-0.25, -0.2) is 4.98 Å². The lowest BCUT2D eigenvalue weighted by atomic mass is 10.2. The topological polar surface area (TPSA) is 36.4 Å². The molecule has 1 aromatic heterocycles. The first-order valence-corrected chi connectivity index (χ1v) is 4.96. The van der Waals surface area contributed by atoms with Crippen molar-refractivity contribution in [2.24, 2.45) is 0 Å². The van der Waals surface area contributed by atoms with Crippen LogP contribution in [0, 0.1) is 0 Å². The van der Waals surface area contributed by atoms with E-state index in [1.54, 1.807) is 0 Å². The number of pyridine rings is 1. The van der Waals surface area contributed by atoms with Crippen molar-refractivity contribution in [2.75, 3.05) is 33.0 Å². The lowest BCUT2D eigenvalue weighted by Crippen LogP contribution is -2.47. The number of piperazine rings is 1. The van der Waals surface area contributed by atoms with Crippen molar-refractivity contribution >= 4 is 21.8 Å². The fourth-order valence-electron chi connectivity index (χ4n) is 0.989. The van der Waals surface area contributed by atoms with Crippen molar-refractivity contribution < 1.29 is 19.9 Å². The predicted octanol–water partition coefficient (Wildman–Crippen LogP) is 1.23. The molecule has 0 atom stereocenters. The molecule has 1 aliphatic rings. The molecular formula is C11H14BrN3O. The van der Waals surface area contributed by atoms with Gasteiger partial charge in [-0.1, -0.05) is 0 Å². The quantitative estimate of drug-likeness (QED) is 0.731. The summed E-state index contributed by atoms with van der Waals surface area (Å²) < 4.78 is 86.3. The molecule has 1 amide bonds. The molecule has 4 nitrogen and oxygen atoms in total. The van der Waals surface area contributed by atoms with E-state index in [9.17, 15) is 4.79 Å². The van der Waals surface area contributed by atoms with Gasteiger partial charge in [-0.3, -0.25) is 4.79 Å². The summed E-state index contributed by atoms with van der Waals surface area (Å²) in [4.78, 5) is 15.8. The van der Waals surface area contributed by atoms with Crippen molar-refractivity contribution in [2.45, 2.75) is 0 Å². The zero-order valence-electron chi connectivity index (χ0n) is 18.9. The van der Waals surface area contributed by atoms with E-state index in [4.69, 9.17) is 15.1 Å². The fraction of sp³-hybridized carbons (Fsp3) is 0.455. The van der Waals surface area contributed by atoms with Gasteiger partial charge in [0.2, 0.25) is 0 Å². The Kier molecular flexibility index (Phi) is 1.25. The number of likely N-dealkylation sites (N-methyl/N-ethyl adjacent to an activating group) is 1. The van der Waals surface area contributed by atoms with Crippen LogP contribution < -0.4 is 0 Å². The fourth-order valence-corrected chi connectivity index (χ4v) is 1.22. The first-order chi connectivity index (χ1) is 11.9. The number of nitrogens with zero attached hydrogens (tertiary/aromatic N) is 3. The average Bonchev–Trinajstić information content (AvgIpc) is 2.43. The second-order valence-electron chi connectivity index (χ2n) is 2.79. The highest BCUT2D eigenvalue weighted by atomic mass is 79.9. The zero-order valence-corrected chi connectivity index (χ0v) is 9.45. The second kappa shape index (κ2) is 4.93. The lowest BCUT2D eigenvalue weighted by Gasteiger charge is -2.32. The Morgan fingerprint density at radius 3 is 2.81 bits per heavy atom. The number of amides is 1. The normalized spacial score (nSPS) is 41.1. The Bertz CT molecular complexity index is 721. The summed E-state index contributed by atoms with van der Waals surface area (Å²) >= 11 is 3.03. The zero-order chi connectivity index (χ0) is 21.2. The molecule has 0 unspecified atom stereocenters. The van der Waals surface area contributed by atoms with Crippen molar-refractivity contribution in [3.63, 3.8) is 0 Å². The number of rotatable bonds is 1. The molecule has 1 saturated heterocycles. The van der Waals surface area contributed by atoms with Crippen LogP contribution in [0.2, 0.25) is 0 Å². The standard InChI is InChI=1S/C11H14BrN3O/c1-14-4-6-15(7-5-14)11(16)9-2-3-10(12)13-8-9/h2-3,8H,4-7H2,1H3/i1D3,4D2,5D2,6D2,7D2. The second-order valence-corrected chi connectivity index (χ2v) is 3.61. The molecule has 0 N–H and O–H groups in total. The minimum absolute atomic E-state index is 0.243. The Morgan fingerprint density at radius 2 is 2.25 bits per heavy atom. The molecule has 5 heteroatoms. The Hall–Kier alpha value is -0.940. The molecule has 1 fully saturated rings. The predicted molar refractivity (Wildman–Crippen MR) is 65.3 cm³/mol. The van der Waals surface area contributed by atoms with Crippen LogP contribution >= 0.6 is 15.9 Å². The van der Waals surface area contributed by atoms with Gasteiger partial charge in [-0.2, -0.15) is 0 Å². The molecule has 0 radical (unpaired) electrons. The van der Waals surface area contributed by atoms with Gasteiger partial charge in [0, 0.05) is 41.8 Å². The smallest absolute Gasteiger partial charge is 0.255 e. The molecule has 1 aromatic rings. The maximum Gasteiger partial charge on any atom is 0.255 e. The van der Waals surface area contributed by atoms with Crippen LogP contribution in [0.3, 0.4) is 0 Å². The van der Waals surface area contributed by atoms with E-state index in [1.165, 1.54) is 6.07 Å². The summed E-state index contributed by atoms with van der Waals surface area (Å²) in [6.07, 6.45) is 0.972. The van der Waals surface area contributed by atoms with Gasteiger partial charge in [-0.05, 0) is 35.0 Å². The molecule has 1 aliphatic heterocycles. The van der Waals surface area contributed by atoms with E-state index in [1.807, 2.05) is 0 Å². The van der Waals surface area contributed by atoms with Crippen molar-refractivity contribution in [3.8, 4) is 0 Å². The minimum atomic E-state index is -3.59. The van der Waals surface area contributed by atoms with Gasteiger partial charge >= 0.3 is 0 Å². The van der Waals surface area contributed by atoms with Crippen LogP contribution in [0.15, 0.2) is 22.9 Å². The number of hydrogen-bond acceptors (Lipinski definition) is 3. The highest BCUT2D eigenvalue weighted by Crippen LogP contribution is 2.10. The van der Waals surface area contributed by atoms with Gasteiger partial charge in [0.1, 0.15) is 4.60 Å². The number of carbonyl (C=O) groups is 1. The Morgan fingerprint density at radius 1 is 1.50 bits per heavy atom. The van der Waals surface area contributed by atoms with E-state index in [-0.39, 0.29) is 10.5 Å². The number of hydrogen-bond donors (Lipinski definition) is 0. The van der Waals surface area contributed by atoms with E-state index in [0.717, 1.165) is 12.3 Å². The summed E-state index contributed by atoms with van der Waals surface area (Å²) in [7, 11) is 0. The first-order valence-electron chi connectivity index (χ1n) is 9.67. The summed E-state index contributed by atoms with van der Waals surface area (Å²) in [5, 5.41) is 0. The summed E-state index contributed by atoms with van der Waals surface area (Å²) in [5.41, 5.74) is -0.333. The van der Waals surface area contributed by atoms with Gasteiger partial charge in [-0.15, -0.1) is 0 Å². The van der Waals surface area contributed by atoms with Crippen LogP contribution in [-0.4, -0.2) is 53.7 Å². The van der Waals surface area contributed by atoms with E-state index < -0.39 is 43.8 Å². The third kappa shape index (κ3) is 2.59. The van der Waals surface area contributed by atoms with Gasteiger partial charge in [0.25, 0.3) is 5.91 Å². The molecule has 0 spiro atoms. The molecule has 0 aliphatic carbocycles. The van der Waals surface area contributed by atoms with E-state index in [2.05, 4.69) is 20.9 Å². The van der Waals surface area contributed by atoms with Gasteiger partial charge < -0.3 is 9.80 Å². The summed E-state index contributed by atoms with van der Waals surface area (Å²) in [6, 6.07) is 2.47. The van der Waals surface area contributed by atoms with Crippen molar-refractivity contribution in [3.05, 3.63) is 28.5 Å². The SMILES string of the molecule is [2H]C([2H])([2H])N1C([2H])([2H])C([2H])([2H])N(C(=O)c2ccc(Br)nc2)C([2H])([2H])C1([2H])[2H]. The van der Waals surface area contributed by atoms with E-state index >= 15 is 0 Å². The third-order valence-corrected chi connectivity index (χ3v) is 2.19. The van der Waals surface area contributed by atoms with Crippen molar-refractivity contribution in [1.82, 2.24) is 14.8 Å². The molecule has 0 bridgehead atoms. The molecular weight excluding hydrogens is 270 g/mol. The highest BCUT2D eigenvalue weighted by Gasteiger charge is 2.20. The Labute approximate surface area is 119 Å². The van der Waals surface area contributed by atoms with Crippen LogP contribution in [0.25, 0.3) is 0 Å². The highest BCUT2D eigenvalue weighted by molar-refractivity contribution is 9.10. The monoisotopic (exact) mass is 294 g/mol. The Balaban J connectivity index is 2.72. The summed E-state index contributed by atoms with van der Waals surface area (Å²) in [6.45, 7) is -17.8.